The van der Waals surface area contributed by atoms with Gasteiger partial charge in [-0.05, 0) is 24.3 Å². The molecule has 1 rings (SSSR count). The summed E-state index contributed by atoms with van der Waals surface area (Å²) in [6, 6.07) is 6.03. The topological polar surface area (TPSA) is 55.4 Å². The van der Waals surface area contributed by atoms with Crippen LogP contribution < -0.4 is 8.91 Å². The number of benzene rings is 1. The molecule has 0 atom stereocenters. The molecule has 0 aliphatic heterocycles. The summed E-state index contributed by atoms with van der Waals surface area (Å²) >= 11 is 5.60. The van der Waals surface area contributed by atoms with E-state index in [-0.39, 0.29) is 5.75 Å². The molecule has 0 radical (unpaired) electrons. The summed E-state index contributed by atoms with van der Waals surface area (Å²) in [6.07, 6.45) is 0. The first kappa shape index (κ1) is 10.3. The summed E-state index contributed by atoms with van der Waals surface area (Å²) in [7, 11) is -2.41. The summed E-state index contributed by atoms with van der Waals surface area (Å²) < 4.78 is 28.4. The highest BCUT2D eigenvalue weighted by molar-refractivity contribution is 7.85. The Hall–Kier alpha value is -0.780. The monoisotopic (exact) mass is 221 g/mol. The minimum atomic E-state index is -3.68. The van der Waals surface area contributed by atoms with Crippen LogP contribution >= 0.6 is 11.6 Å². The van der Waals surface area contributed by atoms with Crippen LogP contribution in [0.3, 0.4) is 0 Å². The van der Waals surface area contributed by atoms with Gasteiger partial charge in [0.15, 0.2) is 0 Å². The van der Waals surface area contributed by atoms with Crippen LogP contribution in [0.5, 0.6) is 5.75 Å². The lowest BCUT2D eigenvalue weighted by Crippen LogP contribution is -2.24. The van der Waals surface area contributed by atoms with E-state index < -0.39 is 10.3 Å². The van der Waals surface area contributed by atoms with E-state index in [4.69, 9.17) is 11.6 Å². The lowest BCUT2D eigenvalue weighted by Gasteiger charge is -2.04. The van der Waals surface area contributed by atoms with Crippen molar-refractivity contribution < 1.29 is 12.6 Å². The summed E-state index contributed by atoms with van der Waals surface area (Å²) in [5.41, 5.74) is 0. The van der Waals surface area contributed by atoms with E-state index in [9.17, 15) is 8.42 Å². The van der Waals surface area contributed by atoms with E-state index in [1.54, 1.807) is 12.1 Å². The molecule has 0 saturated carbocycles. The van der Waals surface area contributed by atoms with Crippen LogP contribution in [-0.4, -0.2) is 15.5 Å². The number of nitrogens with one attached hydrogen (secondary N) is 1. The van der Waals surface area contributed by atoms with Crippen LogP contribution in [0.25, 0.3) is 0 Å². The second-order valence-electron chi connectivity index (χ2n) is 2.20. The summed E-state index contributed by atoms with van der Waals surface area (Å²) in [5, 5.41) is 0.522. The van der Waals surface area contributed by atoms with Crippen molar-refractivity contribution in [2.75, 3.05) is 7.05 Å². The molecule has 0 saturated heterocycles. The van der Waals surface area contributed by atoms with Crippen LogP contribution in [0.15, 0.2) is 24.3 Å². The predicted octanol–water partition coefficient (Wildman–Crippen LogP) is 1.18. The van der Waals surface area contributed by atoms with Gasteiger partial charge in [0.25, 0.3) is 0 Å². The van der Waals surface area contributed by atoms with Gasteiger partial charge in [-0.25, -0.2) is 0 Å². The van der Waals surface area contributed by atoms with Crippen LogP contribution in [0.1, 0.15) is 0 Å². The van der Waals surface area contributed by atoms with Crippen LogP contribution in [0.4, 0.5) is 0 Å². The summed E-state index contributed by atoms with van der Waals surface area (Å²) in [6.45, 7) is 0. The molecule has 0 amide bonds. The highest BCUT2D eigenvalue weighted by atomic mass is 35.5. The molecular weight excluding hydrogens is 214 g/mol. The minimum absolute atomic E-state index is 0.221. The van der Waals surface area contributed by atoms with Gasteiger partial charge in [-0.15, -0.1) is 0 Å². The number of hydrogen-bond acceptors (Lipinski definition) is 3. The predicted molar refractivity (Wildman–Crippen MR) is 50.1 cm³/mol. The lowest BCUT2D eigenvalue weighted by molar-refractivity contribution is 0.477. The molecule has 0 spiro atoms. The van der Waals surface area contributed by atoms with Crippen molar-refractivity contribution in [3.05, 3.63) is 29.3 Å². The zero-order valence-electron chi connectivity index (χ0n) is 6.82. The van der Waals surface area contributed by atoms with Crippen LogP contribution in [0.2, 0.25) is 5.02 Å². The number of halogens is 1. The molecule has 1 N–H and O–H groups in total. The molecule has 1 aromatic carbocycles. The Morgan fingerprint density at radius 2 is 1.85 bits per heavy atom. The molecule has 13 heavy (non-hydrogen) atoms. The molecule has 72 valence electrons. The average Bonchev–Trinajstić information content (AvgIpc) is 2.09. The zero-order chi connectivity index (χ0) is 9.90. The SMILES string of the molecule is CNS(=O)(=O)Oc1ccc(Cl)cc1. The van der Waals surface area contributed by atoms with Gasteiger partial charge in [0.1, 0.15) is 5.75 Å². The molecule has 0 aliphatic carbocycles. The molecule has 0 heterocycles. The molecule has 0 unspecified atom stereocenters. The van der Waals surface area contributed by atoms with Gasteiger partial charge < -0.3 is 4.18 Å². The third-order valence-electron chi connectivity index (χ3n) is 1.27. The zero-order valence-corrected chi connectivity index (χ0v) is 8.39. The first-order valence-electron chi connectivity index (χ1n) is 3.42. The highest BCUT2D eigenvalue weighted by Gasteiger charge is 2.07. The van der Waals surface area contributed by atoms with Crippen molar-refractivity contribution in [1.82, 2.24) is 4.72 Å². The Labute approximate surface area is 81.7 Å². The maximum absolute atomic E-state index is 10.9. The maximum atomic E-state index is 10.9. The van der Waals surface area contributed by atoms with E-state index in [0.717, 1.165) is 0 Å². The molecule has 4 nitrogen and oxygen atoms in total. The summed E-state index contributed by atoms with van der Waals surface area (Å²) in [5.74, 6) is 0.221. The van der Waals surface area contributed by atoms with Gasteiger partial charge in [-0.3, -0.25) is 0 Å². The minimum Gasteiger partial charge on any atom is -0.371 e. The molecule has 0 aliphatic rings. The number of hydrogen-bond donors (Lipinski definition) is 1. The molecule has 0 aromatic heterocycles. The lowest BCUT2D eigenvalue weighted by atomic mass is 10.3. The van der Waals surface area contributed by atoms with Gasteiger partial charge >= 0.3 is 10.3 Å². The van der Waals surface area contributed by atoms with Gasteiger partial charge in [0, 0.05) is 12.1 Å². The van der Waals surface area contributed by atoms with Crippen LogP contribution in [-0.2, 0) is 10.3 Å². The van der Waals surface area contributed by atoms with Crippen molar-refractivity contribution in [3.8, 4) is 5.75 Å². The molecule has 6 heteroatoms. The summed E-state index contributed by atoms with van der Waals surface area (Å²) in [4.78, 5) is 0. The Morgan fingerprint density at radius 3 is 2.31 bits per heavy atom. The van der Waals surface area contributed by atoms with Gasteiger partial charge in [0.05, 0.1) is 0 Å². The highest BCUT2D eigenvalue weighted by Crippen LogP contribution is 2.16. The fourth-order valence-corrected chi connectivity index (χ4v) is 1.23. The number of rotatable bonds is 3. The van der Waals surface area contributed by atoms with Crippen molar-refractivity contribution in [1.29, 1.82) is 0 Å². The second kappa shape index (κ2) is 3.95. The molecule has 0 fully saturated rings. The fraction of sp³-hybridized carbons (Fsp3) is 0.143. The second-order valence-corrected chi connectivity index (χ2v) is 4.12. The third kappa shape index (κ3) is 3.22. The Balaban J connectivity index is 2.82. The first-order valence-corrected chi connectivity index (χ1v) is 5.20. The first-order chi connectivity index (χ1) is 6.03. The molecular formula is C7H8ClNO3S. The van der Waals surface area contributed by atoms with Gasteiger partial charge in [0.2, 0.25) is 0 Å². The third-order valence-corrected chi connectivity index (χ3v) is 2.43. The van der Waals surface area contributed by atoms with Crippen molar-refractivity contribution in [3.63, 3.8) is 0 Å². The maximum Gasteiger partial charge on any atom is 0.382 e. The largest absolute Gasteiger partial charge is 0.382 e. The Bertz CT molecular complexity index is 373. The Morgan fingerprint density at radius 1 is 1.31 bits per heavy atom. The standard InChI is InChI=1S/C7H8ClNO3S/c1-9-13(10,11)12-7-4-2-6(8)3-5-7/h2-5,9H,1H3. The molecule has 0 bridgehead atoms. The van der Waals surface area contributed by atoms with Gasteiger partial charge in [-0.1, -0.05) is 11.6 Å². The van der Waals surface area contributed by atoms with Crippen LogP contribution in [0, 0.1) is 0 Å². The van der Waals surface area contributed by atoms with E-state index in [2.05, 4.69) is 4.18 Å². The van der Waals surface area contributed by atoms with E-state index in [1.807, 2.05) is 4.72 Å². The van der Waals surface area contributed by atoms with Gasteiger partial charge in [-0.2, -0.15) is 13.1 Å². The van der Waals surface area contributed by atoms with Crippen molar-refractivity contribution >= 4 is 21.9 Å². The molecule has 1 aromatic rings. The van der Waals surface area contributed by atoms with Crippen molar-refractivity contribution in [2.45, 2.75) is 0 Å². The quantitative estimate of drug-likeness (QED) is 0.834. The van der Waals surface area contributed by atoms with Crippen molar-refractivity contribution in [2.24, 2.45) is 0 Å². The average molecular weight is 222 g/mol. The van der Waals surface area contributed by atoms with E-state index >= 15 is 0 Å². The smallest absolute Gasteiger partial charge is 0.371 e. The van der Waals surface area contributed by atoms with E-state index in [0.29, 0.717) is 5.02 Å². The normalized spacial score (nSPS) is 11.2. The fourth-order valence-electron chi connectivity index (χ4n) is 0.658. The Kier molecular flexibility index (Phi) is 3.13. The van der Waals surface area contributed by atoms with E-state index in [1.165, 1.54) is 19.2 Å².